The van der Waals surface area contributed by atoms with E-state index >= 15 is 0 Å². The van der Waals surface area contributed by atoms with Crippen molar-refractivity contribution >= 4 is 33.6 Å². The second-order valence-electron chi connectivity index (χ2n) is 6.97. The fraction of sp³-hybridized carbons (Fsp3) is 0.174. The Morgan fingerprint density at radius 2 is 1.68 bits per heavy atom. The smallest absolute Gasteiger partial charge is 0.158 e. The van der Waals surface area contributed by atoms with Crippen LogP contribution in [0.1, 0.15) is 28.8 Å². The molecule has 0 saturated heterocycles. The summed E-state index contributed by atoms with van der Waals surface area (Å²) in [5, 5.41) is 5.58. The van der Waals surface area contributed by atoms with Gasteiger partial charge in [0, 0.05) is 4.88 Å². The quantitative estimate of drug-likeness (QED) is 0.364. The Kier molecular flexibility index (Phi) is 4.59. The molecule has 2 aromatic heterocycles. The number of fused-ring (bicyclic) bond motifs is 3. The van der Waals surface area contributed by atoms with Gasteiger partial charge in [-0.2, -0.15) is 5.10 Å². The normalized spacial score (nSPS) is 13.7. The van der Waals surface area contributed by atoms with Crippen molar-refractivity contribution in [1.29, 1.82) is 0 Å². The number of anilines is 1. The summed E-state index contributed by atoms with van der Waals surface area (Å²) in [6, 6.07) is 18.8. The van der Waals surface area contributed by atoms with Gasteiger partial charge < -0.3 is 0 Å². The van der Waals surface area contributed by atoms with Crippen molar-refractivity contribution in [1.82, 2.24) is 9.97 Å². The molecule has 1 N–H and O–H groups in total. The second-order valence-corrected chi connectivity index (χ2v) is 8.05. The van der Waals surface area contributed by atoms with Crippen LogP contribution in [0.15, 0.2) is 66.0 Å². The van der Waals surface area contributed by atoms with E-state index in [9.17, 15) is 0 Å². The first-order valence-electron chi connectivity index (χ1n) is 9.58. The molecule has 2 aromatic carbocycles. The van der Waals surface area contributed by atoms with E-state index in [2.05, 4.69) is 69.0 Å². The minimum atomic E-state index is 0.807. The summed E-state index contributed by atoms with van der Waals surface area (Å²) in [5.41, 5.74) is 8.02. The fourth-order valence-electron chi connectivity index (χ4n) is 3.74. The predicted octanol–water partition coefficient (Wildman–Crippen LogP) is 5.68. The van der Waals surface area contributed by atoms with E-state index in [4.69, 9.17) is 0 Å². The van der Waals surface area contributed by atoms with Crippen molar-refractivity contribution in [2.45, 2.75) is 25.7 Å². The van der Waals surface area contributed by atoms with Gasteiger partial charge in [-0.3, -0.25) is 5.43 Å². The zero-order valence-corrected chi connectivity index (χ0v) is 16.2. The first kappa shape index (κ1) is 17.1. The highest BCUT2D eigenvalue weighted by Gasteiger charge is 2.19. The van der Waals surface area contributed by atoms with Crippen molar-refractivity contribution in [3.05, 3.63) is 76.9 Å². The number of aromatic nitrogens is 2. The molecule has 2 heterocycles. The van der Waals surface area contributed by atoms with E-state index in [1.54, 1.807) is 17.7 Å². The summed E-state index contributed by atoms with van der Waals surface area (Å²) in [4.78, 5) is 11.4. The minimum Gasteiger partial charge on any atom is -0.261 e. The van der Waals surface area contributed by atoms with Gasteiger partial charge in [-0.15, -0.1) is 11.3 Å². The Labute approximate surface area is 168 Å². The van der Waals surface area contributed by atoms with Crippen molar-refractivity contribution in [2.75, 3.05) is 5.43 Å². The average Bonchev–Trinajstić information content (AvgIpc) is 3.14. The summed E-state index contributed by atoms with van der Waals surface area (Å²) in [7, 11) is 0. The van der Waals surface area contributed by atoms with Gasteiger partial charge in [-0.25, -0.2) is 9.97 Å². The molecule has 0 radical (unpaired) electrons. The molecule has 0 saturated carbocycles. The lowest BCUT2D eigenvalue weighted by Gasteiger charge is -2.11. The zero-order valence-electron chi connectivity index (χ0n) is 15.4. The third-order valence-corrected chi connectivity index (χ3v) is 6.35. The maximum absolute atomic E-state index is 4.47. The molecule has 5 heteroatoms. The molecular formula is C23H20N4S. The Balaban J connectivity index is 1.36. The number of hydrogen-bond donors (Lipinski definition) is 1. The van der Waals surface area contributed by atoms with Crippen LogP contribution in [0, 0.1) is 0 Å². The standard InChI is InChI=1S/C23H20N4S/c1-2-6-17(7-3-1)18-12-10-16(11-13-18)14-26-27-22-21-19-8-4-5-9-20(19)28-23(21)25-15-24-22/h1-3,6-7,10-15H,4-5,8-9H2,(H,24,25,27)/b26-14+. The van der Waals surface area contributed by atoms with Crippen LogP contribution in [-0.2, 0) is 12.8 Å². The van der Waals surface area contributed by atoms with Gasteiger partial charge in [0.15, 0.2) is 5.82 Å². The van der Waals surface area contributed by atoms with Crippen LogP contribution in [0.3, 0.4) is 0 Å². The first-order valence-corrected chi connectivity index (χ1v) is 10.4. The third-order valence-electron chi connectivity index (χ3n) is 5.15. The topological polar surface area (TPSA) is 50.2 Å². The molecule has 4 aromatic rings. The Hall–Kier alpha value is -3.05. The van der Waals surface area contributed by atoms with Gasteiger partial charge in [0.05, 0.1) is 11.6 Å². The van der Waals surface area contributed by atoms with E-state index in [1.807, 2.05) is 12.3 Å². The Bertz CT molecular complexity index is 1130. The van der Waals surface area contributed by atoms with E-state index in [-0.39, 0.29) is 0 Å². The summed E-state index contributed by atoms with van der Waals surface area (Å²) in [6.07, 6.45) is 8.24. The first-order chi connectivity index (χ1) is 13.9. The maximum Gasteiger partial charge on any atom is 0.158 e. The fourth-order valence-corrected chi connectivity index (χ4v) is 4.96. The van der Waals surface area contributed by atoms with Crippen molar-refractivity contribution in [3.8, 4) is 11.1 Å². The Morgan fingerprint density at radius 1 is 0.893 bits per heavy atom. The second kappa shape index (κ2) is 7.52. The van der Waals surface area contributed by atoms with E-state index in [0.717, 1.165) is 34.4 Å². The van der Waals surface area contributed by atoms with Gasteiger partial charge in [0.25, 0.3) is 0 Å². The van der Waals surface area contributed by atoms with Gasteiger partial charge in [-0.05, 0) is 47.9 Å². The largest absolute Gasteiger partial charge is 0.261 e. The number of nitrogens with zero attached hydrogens (tertiary/aromatic N) is 3. The van der Waals surface area contributed by atoms with Crippen molar-refractivity contribution < 1.29 is 0 Å². The van der Waals surface area contributed by atoms with Crippen LogP contribution in [-0.4, -0.2) is 16.2 Å². The molecule has 0 fully saturated rings. The van der Waals surface area contributed by atoms with E-state index < -0.39 is 0 Å². The van der Waals surface area contributed by atoms with Gasteiger partial charge in [0.1, 0.15) is 11.2 Å². The van der Waals surface area contributed by atoms with Crippen molar-refractivity contribution in [2.24, 2.45) is 5.10 Å². The molecule has 1 aliphatic rings. The van der Waals surface area contributed by atoms with Crippen molar-refractivity contribution in [3.63, 3.8) is 0 Å². The number of nitrogens with one attached hydrogen (secondary N) is 1. The molecule has 1 aliphatic carbocycles. The lowest BCUT2D eigenvalue weighted by molar-refractivity contribution is 0.700. The van der Waals surface area contributed by atoms with Crippen LogP contribution in [0.2, 0.25) is 0 Å². The molecule has 0 amide bonds. The number of benzene rings is 2. The van der Waals surface area contributed by atoms with Crippen LogP contribution in [0.25, 0.3) is 21.3 Å². The highest BCUT2D eigenvalue weighted by Crippen LogP contribution is 2.38. The molecule has 5 rings (SSSR count). The number of rotatable bonds is 4. The van der Waals surface area contributed by atoms with E-state index in [1.165, 1.54) is 34.4 Å². The summed E-state index contributed by atoms with van der Waals surface area (Å²) < 4.78 is 0. The molecule has 0 aliphatic heterocycles. The lowest BCUT2D eigenvalue weighted by atomic mass is 9.97. The van der Waals surface area contributed by atoms with E-state index in [0.29, 0.717) is 0 Å². The van der Waals surface area contributed by atoms with Crippen LogP contribution in [0.5, 0.6) is 0 Å². The van der Waals surface area contributed by atoms with Crippen LogP contribution >= 0.6 is 11.3 Å². The molecule has 0 unspecified atom stereocenters. The molecule has 138 valence electrons. The van der Waals surface area contributed by atoms with Gasteiger partial charge >= 0.3 is 0 Å². The maximum atomic E-state index is 4.47. The number of thiophene rings is 1. The van der Waals surface area contributed by atoms with Crippen LogP contribution < -0.4 is 5.43 Å². The molecule has 0 spiro atoms. The van der Waals surface area contributed by atoms with Crippen LogP contribution in [0.4, 0.5) is 5.82 Å². The average molecular weight is 385 g/mol. The predicted molar refractivity (Wildman–Crippen MR) is 117 cm³/mol. The third kappa shape index (κ3) is 3.29. The van der Waals surface area contributed by atoms with Gasteiger partial charge in [0.2, 0.25) is 0 Å². The Morgan fingerprint density at radius 3 is 2.54 bits per heavy atom. The lowest BCUT2D eigenvalue weighted by Crippen LogP contribution is -2.00. The number of aryl methyl sites for hydroxylation is 2. The summed E-state index contributed by atoms with van der Waals surface area (Å²) in [6.45, 7) is 0. The van der Waals surface area contributed by atoms with Gasteiger partial charge in [-0.1, -0.05) is 54.6 Å². The molecule has 0 bridgehead atoms. The summed E-state index contributed by atoms with van der Waals surface area (Å²) in [5.74, 6) is 0.807. The number of hydrazone groups is 1. The molecule has 0 atom stereocenters. The summed E-state index contributed by atoms with van der Waals surface area (Å²) >= 11 is 1.80. The zero-order chi connectivity index (χ0) is 18.8. The minimum absolute atomic E-state index is 0.807. The monoisotopic (exact) mass is 384 g/mol. The highest BCUT2D eigenvalue weighted by molar-refractivity contribution is 7.19. The number of hydrogen-bond acceptors (Lipinski definition) is 5. The highest BCUT2D eigenvalue weighted by atomic mass is 32.1. The molecular weight excluding hydrogens is 364 g/mol. The molecule has 4 nitrogen and oxygen atoms in total. The molecule has 28 heavy (non-hydrogen) atoms. The SMILES string of the molecule is C(=N\Nc1ncnc2sc3c(c12)CCCC3)/c1ccc(-c2ccccc2)cc1.